The molecule has 0 bridgehead atoms. The van der Waals surface area contributed by atoms with E-state index < -0.39 is 11.4 Å². The molecule has 0 radical (unpaired) electrons. The largest absolute Gasteiger partial charge is 0.481 e. The molecule has 1 fully saturated rings. The molecule has 1 aliphatic rings. The number of rotatable bonds is 4. The van der Waals surface area contributed by atoms with Gasteiger partial charge < -0.3 is 10.0 Å². The van der Waals surface area contributed by atoms with Crippen molar-refractivity contribution in [3.63, 3.8) is 0 Å². The van der Waals surface area contributed by atoms with Gasteiger partial charge in [-0.25, -0.2) is 0 Å². The molecule has 0 atom stereocenters. The van der Waals surface area contributed by atoms with Crippen molar-refractivity contribution in [1.29, 1.82) is 0 Å². The van der Waals surface area contributed by atoms with Crippen molar-refractivity contribution < 1.29 is 14.7 Å². The van der Waals surface area contributed by atoms with Crippen LogP contribution in [0.5, 0.6) is 0 Å². The number of aliphatic carboxylic acids is 1. The van der Waals surface area contributed by atoms with Crippen LogP contribution in [0.15, 0.2) is 0 Å². The fourth-order valence-electron chi connectivity index (χ4n) is 2.47. The average molecular weight is 241 g/mol. The lowest BCUT2D eigenvalue weighted by atomic mass is 9.77. The molecule has 0 saturated heterocycles. The monoisotopic (exact) mass is 241 g/mol. The van der Waals surface area contributed by atoms with Gasteiger partial charge in [-0.3, -0.25) is 9.59 Å². The minimum absolute atomic E-state index is 0.0446. The van der Waals surface area contributed by atoms with Gasteiger partial charge in [-0.05, 0) is 19.8 Å². The van der Waals surface area contributed by atoms with Crippen LogP contribution in [0.4, 0.5) is 0 Å². The molecule has 1 saturated carbocycles. The number of hydrogen-bond acceptors (Lipinski definition) is 2. The van der Waals surface area contributed by atoms with Crippen LogP contribution in [-0.2, 0) is 9.59 Å². The van der Waals surface area contributed by atoms with Crippen LogP contribution < -0.4 is 0 Å². The summed E-state index contributed by atoms with van der Waals surface area (Å²) in [6.45, 7) is 2.53. The summed E-state index contributed by atoms with van der Waals surface area (Å²) in [5.74, 6) is -0.839. The Hall–Kier alpha value is -1.06. The van der Waals surface area contributed by atoms with Gasteiger partial charge in [-0.15, -0.1) is 0 Å². The molecular weight excluding hydrogens is 218 g/mol. The Bertz CT molecular complexity index is 280. The fraction of sp³-hybridized carbons (Fsp3) is 0.846. The van der Waals surface area contributed by atoms with E-state index in [0.717, 1.165) is 25.7 Å². The SMILES string of the molecule is CCN(C)C(=O)CC1(C(=O)O)CCCCCC1. The van der Waals surface area contributed by atoms with Crippen LogP contribution in [0.1, 0.15) is 51.9 Å². The average Bonchev–Trinajstić information content (AvgIpc) is 2.54. The number of carboxylic acids is 1. The summed E-state index contributed by atoms with van der Waals surface area (Å²) in [6, 6.07) is 0. The van der Waals surface area contributed by atoms with E-state index in [9.17, 15) is 14.7 Å². The number of carbonyl (C=O) groups is 2. The van der Waals surface area contributed by atoms with Gasteiger partial charge in [0, 0.05) is 20.0 Å². The molecule has 0 aromatic carbocycles. The van der Waals surface area contributed by atoms with E-state index in [0.29, 0.717) is 19.4 Å². The zero-order valence-corrected chi connectivity index (χ0v) is 10.9. The Balaban J connectivity index is 2.77. The van der Waals surface area contributed by atoms with Crippen LogP contribution in [-0.4, -0.2) is 35.5 Å². The lowest BCUT2D eigenvalue weighted by Crippen LogP contribution is -2.38. The van der Waals surface area contributed by atoms with Crippen molar-refractivity contribution >= 4 is 11.9 Å². The summed E-state index contributed by atoms with van der Waals surface area (Å²) >= 11 is 0. The van der Waals surface area contributed by atoms with Gasteiger partial charge in [0.2, 0.25) is 5.91 Å². The summed E-state index contributed by atoms with van der Waals surface area (Å²) in [6.07, 6.45) is 5.48. The highest BCUT2D eigenvalue weighted by Gasteiger charge is 2.40. The molecule has 0 heterocycles. The van der Waals surface area contributed by atoms with Gasteiger partial charge in [-0.1, -0.05) is 25.7 Å². The van der Waals surface area contributed by atoms with Crippen molar-refractivity contribution in [2.75, 3.05) is 13.6 Å². The van der Waals surface area contributed by atoms with Gasteiger partial charge in [0.05, 0.1) is 5.41 Å². The van der Waals surface area contributed by atoms with Crippen molar-refractivity contribution in [3.05, 3.63) is 0 Å². The van der Waals surface area contributed by atoms with Gasteiger partial charge in [0.15, 0.2) is 0 Å². The first kappa shape index (κ1) is 14.0. The smallest absolute Gasteiger partial charge is 0.310 e. The molecule has 0 unspecified atom stereocenters. The lowest BCUT2D eigenvalue weighted by Gasteiger charge is -2.29. The zero-order valence-electron chi connectivity index (χ0n) is 10.9. The summed E-state index contributed by atoms with van der Waals surface area (Å²) < 4.78 is 0. The molecule has 4 nitrogen and oxygen atoms in total. The number of nitrogens with zero attached hydrogens (tertiary/aromatic N) is 1. The van der Waals surface area contributed by atoms with Gasteiger partial charge in [0.1, 0.15) is 0 Å². The number of carboxylic acid groups (broad SMARTS) is 1. The Kier molecular flexibility index (Phi) is 4.97. The van der Waals surface area contributed by atoms with E-state index in [1.165, 1.54) is 0 Å². The predicted molar refractivity (Wildman–Crippen MR) is 65.7 cm³/mol. The minimum atomic E-state index is -0.809. The van der Waals surface area contributed by atoms with Crippen LogP contribution in [0.25, 0.3) is 0 Å². The second-order valence-electron chi connectivity index (χ2n) is 5.08. The molecule has 1 aliphatic carbocycles. The van der Waals surface area contributed by atoms with Crippen LogP contribution in [0, 0.1) is 5.41 Å². The lowest BCUT2D eigenvalue weighted by molar-refractivity contribution is -0.154. The van der Waals surface area contributed by atoms with Crippen molar-refractivity contribution in [2.24, 2.45) is 5.41 Å². The van der Waals surface area contributed by atoms with E-state index in [-0.39, 0.29) is 12.3 Å². The summed E-state index contributed by atoms with van der Waals surface area (Å²) in [7, 11) is 1.73. The second kappa shape index (κ2) is 6.03. The van der Waals surface area contributed by atoms with Crippen LogP contribution in [0.3, 0.4) is 0 Å². The molecule has 98 valence electrons. The molecule has 1 amide bonds. The van der Waals surface area contributed by atoms with Crippen molar-refractivity contribution in [2.45, 2.75) is 51.9 Å². The Morgan fingerprint density at radius 3 is 2.12 bits per heavy atom. The zero-order chi connectivity index (χ0) is 12.9. The Morgan fingerprint density at radius 2 is 1.71 bits per heavy atom. The maximum atomic E-state index is 11.9. The van der Waals surface area contributed by atoms with Gasteiger partial charge in [0.25, 0.3) is 0 Å². The molecule has 0 aromatic rings. The third-order valence-corrected chi connectivity index (χ3v) is 3.90. The van der Waals surface area contributed by atoms with E-state index >= 15 is 0 Å². The highest BCUT2D eigenvalue weighted by atomic mass is 16.4. The highest BCUT2D eigenvalue weighted by molar-refractivity contribution is 5.84. The minimum Gasteiger partial charge on any atom is -0.481 e. The molecule has 0 aromatic heterocycles. The summed E-state index contributed by atoms with van der Waals surface area (Å²) in [5.41, 5.74) is -0.809. The summed E-state index contributed by atoms with van der Waals surface area (Å²) in [5, 5.41) is 9.45. The molecular formula is C13H23NO3. The van der Waals surface area contributed by atoms with Crippen LogP contribution in [0.2, 0.25) is 0 Å². The Morgan fingerprint density at radius 1 is 1.18 bits per heavy atom. The first-order valence-corrected chi connectivity index (χ1v) is 6.49. The normalized spacial score (nSPS) is 19.4. The molecule has 1 N–H and O–H groups in total. The van der Waals surface area contributed by atoms with E-state index in [2.05, 4.69) is 0 Å². The molecule has 17 heavy (non-hydrogen) atoms. The molecule has 0 aliphatic heterocycles. The number of amides is 1. The highest BCUT2D eigenvalue weighted by Crippen LogP contribution is 2.38. The number of carbonyl (C=O) groups excluding carboxylic acids is 1. The quantitative estimate of drug-likeness (QED) is 0.768. The first-order valence-electron chi connectivity index (χ1n) is 6.49. The fourth-order valence-corrected chi connectivity index (χ4v) is 2.47. The molecule has 4 heteroatoms. The number of hydrogen-bond donors (Lipinski definition) is 1. The third kappa shape index (κ3) is 3.45. The molecule has 0 spiro atoms. The second-order valence-corrected chi connectivity index (χ2v) is 5.08. The standard InChI is InChI=1S/C13H23NO3/c1-3-14(2)11(15)10-13(12(16)17)8-6-4-5-7-9-13/h3-10H2,1-2H3,(H,16,17). The molecule has 1 rings (SSSR count). The maximum absolute atomic E-state index is 11.9. The first-order chi connectivity index (χ1) is 8.02. The van der Waals surface area contributed by atoms with Crippen LogP contribution >= 0.6 is 0 Å². The van der Waals surface area contributed by atoms with Crippen molar-refractivity contribution in [3.8, 4) is 0 Å². The van der Waals surface area contributed by atoms with Crippen molar-refractivity contribution in [1.82, 2.24) is 4.90 Å². The third-order valence-electron chi connectivity index (χ3n) is 3.90. The maximum Gasteiger partial charge on any atom is 0.310 e. The Labute approximate surface area is 103 Å². The van der Waals surface area contributed by atoms with E-state index in [1.54, 1.807) is 11.9 Å². The van der Waals surface area contributed by atoms with Gasteiger partial charge in [-0.2, -0.15) is 0 Å². The van der Waals surface area contributed by atoms with E-state index in [1.807, 2.05) is 6.92 Å². The topological polar surface area (TPSA) is 57.6 Å². The van der Waals surface area contributed by atoms with E-state index in [4.69, 9.17) is 0 Å². The van der Waals surface area contributed by atoms with Gasteiger partial charge >= 0.3 is 5.97 Å². The predicted octanol–water partition coefficient (Wildman–Crippen LogP) is 2.28. The summed E-state index contributed by atoms with van der Waals surface area (Å²) in [4.78, 5) is 25.0.